The first kappa shape index (κ1) is 21.6. The van der Waals surface area contributed by atoms with E-state index in [2.05, 4.69) is 5.32 Å². The van der Waals surface area contributed by atoms with Gasteiger partial charge < -0.3 is 15.8 Å². The van der Waals surface area contributed by atoms with Crippen LogP contribution in [0.4, 0.5) is 0 Å². The van der Waals surface area contributed by atoms with E-state index in [9.17, 15) is 4.79 Å². The van der Waals surface area contributed by atoms with Gasteiger partial charge in [0.05, 0.1) is 6.61 Å². The molecule has 0 bridgehead atoms. The molecule has 160 valence electrons. The zero-order valence-electron chi connectivity index (χ0n) is 17.9. The molecule has 2 saturated carbocycles. The minimum atomic E-state index is -0.616. The van der Waals surface area contributed by atoms with Crippen LogP contribution < -0.4 is 11.1 Å². The van der Waals surface area contributed by atoms with Crippen LogP contribution in [0.15, 0.2) is 4.99 Å². The fourth-order valence-electron chi connectivity index (χ4n) is 5.58. The topological polar surface area (TPSA) is 80.0 Å². The second-order valence-corrected chi connectivity index (χ2v) is 9.29. The third kappa shape index (κ3) is 5.26. The van der Waals surface area contributed by atoms with Gasteiger partial charge in [0.15, 0.2) is 5.96 Å². The average Bonchev–Trinajstić information content (AvgIpc) is 2.92. The summed E-state index contributed by atoms with van der Waals surface area (Å²) in [5.74, 6) is 1.82. The number of nitrogens with zero attached hydrogens (tertiary/aromatic N) is 2. The Morgan fingerprint density at radius 3 is 2.61 bits per heavy atom. The van der Waals surface area contributed by atoms with Gasteiger partial charge in [-0.2, -0.15) is 0 Å². The molecule has 0 spiro atoms. The molecule has 0 aromatic rings. The van der Waals surface area contributed by atoms with Gasteiger partial charge in [-0.05, 0) is 43.9 Å². The quantitative estimate of drug-likeness (QED) is 0.591. The third-order valence-electron chi connectivity index (χ3n) is 7.21. The third-order valence-corrected chi connectivity index (χ3v) is 7.21. The SMILES string of the molecule is COCCN[C@@H]1CCC[C@H](C[C@@]2(CCC3CCCCC3)N=C(N)N(C)C2=O)C1. The van der Waals surface area contributed by atoms with E-state index in [0.717, 1.165) is 44.8 Å². The number of likely N-dealkylation sites (N-methyl/N-ethyl adjacent to an activating group) is 1. The van der Waals surface area contributed by atoms with E-state index in [1.54, 1.807) is 19.1 Å². The van der Waals surface area contributed by atoms with Crippen molar-refractivity contribution in [3.05, 3.63) is 0 Å². The summed E-state index contributed by atoms with van der Waals surface area (Å²) in [4.78, 5) is 19.5. The Labute approximate surface area is 170 Å². The average molecular weight is 393 g/mol. The monoisotopic (exact) mass is 392 g/mol. The summed E-state index contributed by atoms with van der Waals surface area (Å²) in [5.41, 5.74) is 5.48. The summed E-state index contributed by atoms with van der Waals surface area (Å²) in [6, 6.07) is 0.528. The number of guanidine groups is 1. The second kappa shape index (κ2) is 10.1. The molecule has 0 aromatic heterocycles. The normalized spacial score (nSPS) is 32.0. The Morgan fingerprint density at radius 2 is 1.93 bits per heavy atom. The smallest absolute Gasteiger partial charge is 0.257 e. The van der Waals surface area contributed by atoms with Crippen molar-refractivity contribution in [3.63, 3.8) is 0 Å². The Hall–Kier alpha value is -1.14. The second-order valence-electron chi connectivity index (χ2n) is 9.29. The Bertz CT molecular complexity index is 547. The number of aliphatic imine (C=N–C) groups is 1. The largest absolute Gasteiger partial charge is 0.383 e. The van der Waals surface area contributed by atoms with Gasteiger partial charge in [0.25, 0.3) is 5.91 Å². The van der Waals surface area contributed by atoms with E-state index >= 15 is 0 Å². The van der Waals surface area contributed by atoms with Gasteiger partial charge in [-0.15, -0.1) is 0 Å². The number of amides is 1. The summed E-state index contributed by atoms with van der Waals surface area (Å²) in [6.07, 6.45) is 14.3. The zero-order chi connectivity index (χ0) is 20.0. The Balaban J connectivity index is 1.63. The first-order valence-corrected chi connectivity index (χ1v) is 11.4. The predicted octanol–water partition coefficient (Wildman–Crippen LogP) is 3.06. The predicted molar refractivity (Wildman–Crippen MR) is 113 cm³/mol. The highest BCUT2D eigenvalue weighted by atomic mass is 16.5. The van der Waals surface area contributed by atoms with E-state index in [1.807, 2.05) is 0 Å². The summed E-state index contributed by atoms with van der Waals surface area (Å²) in [6.45, 7) is 1.64. The maximum absolute atomic E-state index is 13.2. The number of ether oxygens (including phenoxy) is 1. The van der Waals surface area contributed by atoms with Crippen molar-refractivity contribution in [1.82, 2.24) is 10.2 Å². The van der Waals surface area contributed by atoms with Gasteiger partial charge in [-0.25, -0.2) is 4.99 Å². The molecular weight excluding hydrogens is 352 g/mol. The van der Waals surface area contributed by atoms with E-state index in [-0.39, 0.29) is 5.91 Å². The van der Waals surface area contributed by atoms with Crippen molar-refractivity contribution in [3.8, 4) is 0 Å². The van der Waals surface area contributed by atoms with Gasteiger partial charge in [-0.3, -0.25) is 9.69 Å². The van der Waals surface area contributed by atoms with Crippen molar-refractivity contribution in [1.29, 1.82) is 0 Å². The van der Waals surface area contributed by atoms with Crippen molar-refractivity contribution in [2.75, 3.05) is 27.3 Å². The van der Waals surface area contributed by atoms with Crippen molar-refractivity contribution in [2.24, 2.45) is 22.6 Å². The molecule has 2 aliphatic carbocycles. The maximum Gasteiger partial charge on any atom is 0.257 e. The minimum absolute atomic E-state index is 0.121. The van der Waals surface area contributed by atoms with E-state index < -0.39 is 5.54 Å². The number of carbonyl (C=O) groups excluding carboxylic acids is 1. The molecule has 0 saturated heterocycles. The summed E-state index contributed by atoms with van der Waals surface area (Å²) >= 11 is 0. The van der Waals surface area contributed by atoms with Crippen LogP contribution in [0.25, 0.3) is 0 Å². The van der Waals surface area contributed by atoms with E-state index in [1.165, 1.54) is 51.4 Å². The number of carbonyl (C=O) groups is 1. The van der Waals surface area contributed by atoms with Crippen LogP contribution in [0.3, 0.4) is 0 Å². The number of hydrogen-bond donors (Lipinski definition) is 2. The minimum Gasteiger partial charge on any atom is -0.383 e. The fourth-order valence-corrected chi connectivity index (χ4v) is 5.58. The first-order valence-electron chi connectivity index (χ1n) is 11.4. The molecule has 3 rings (SSSR count). The van der Waals surface area contributed by atoms with Crippen LogP contribution >= 0.6 is 0 Å². The molecule has 3 aliphatic rings. The highest BCUT2D eigenvalue weighted by Crippen LogP contribution is 2.40. The lowest BCUT2D eigenvalue weighted by Crippen LogP contribution is -2.45. The molecule has 1 heterocycles. The molecule has 6 heteroatoms. The summed E-state index contributed by atoms with van der Waals surface area (Å²) in [7, 11) is 3.52. The number of nitrogens with one attached hydrogen (secondary N) is 1. The lowest BCUT2D eigenvalue weighted by atomic mass is 9.74. The summed E-state index contributed by atoms with van der Waals surface area (Å²) < 4.78 is 5.17. The Morgan fingerprint density at radius 1 is 1.18 bits per heavy atom. The van der Waals surface area contributed by atoms with Crippen LogP contribution in [0, 0.1) is 11.8 Å². The van der Waals surface area contributed by atoms with Gasteiger partial charge >= 0.3 is 0 Å². The molecule has 28 heavy (non-hydrogen) atoms. The van der Waals surface area contributed by atoms with Crippen LogP contribution in [-0.2, 0) is 9.53 Å². The molecule has 0 radical (unpaired) electrons. The number of rotatable bonds is 9. The molecule has 3 atom stereocenters. The molecule has 0 unspecified atom stereocenters. The molecular formula is C22H40N4O2. The molecule has 1 aliphatic heterocycles. The lowest BCUT2D eigenvalue weighted by Gasteiger charge is -2.35. The lowest BCUT2D eigenvalue weighted by molar-refractivity contribution is -0.131. The highest BCUT2D eigenvalue weighted by Gasteiger charge is 2.47. The van der Waals surface area contributed by atoms with Crippen LogP contribution in [0.5, 0.6) is 0 Å². The van der Waals surface area contributed by atoms with Crippen LogP contribution in [-0.4, -0.2) is 55.7 Å². The highest BCUT2D eigenvalue weighted by molar-refractivity contribution is 6.06. The van der Waals surface area contributed by atoms with Gasteiger partial charge in [0.2, 0.25) is 0 Å². The number of nitrogens with two attached hydrogens (primary N) is 1. The van der Waals surface area contributed by atoms with E-state index in [4.69, 9.17) is 15.5 Å². The number of methoxy groups -OCH3 is 1. The van der Waals surface area contributed by atoms with Gasteiger partial charge in [0.1, 0.15) is 5.54 Å². The molecule has 2 fully saturated rings. The van der Waals surface area contributed by atoms with Crippen LogP contribution in [0.2, 0.25) is 0 Å². The maximum atomic E-state index is 13.2. The standard InChI is InChI=1S/C22H40N4O2/c1-26-20(27)22(25-21(26)23,12-11-17-7-4-3-5-8-17)16-18-9-6-10-19(15-18)24-13-14-28-2/h17-19,24H,3-16H2,1-2H3,(H2,23,25)/t18-,19+,22+/m0/s1. The molecule has 0 aromatic carbocycles. The zero-order valence-corrected chi connectivity index (χ0v) is 17.9. The number of hydrogen-bond acceptors (Lipinski definition) is 5. The Kier molecular flexibility index (Phi) is 7.75. The molecule has 1 amide bonds. The molecule has 6 nitrogen and oxygen atoms in total. The van der Waals surface area contributed by atoms with Crippen molar-refractivity contribution in [2.45, 2.75) is 88.6 Å². The van der Waals surface area contributed by atoms with Crippen molar-refractivity contribution < 1.29 is 9.53 Å². The van der Waals surface area contributed by atoms with Gasteiger partial charge in [0, 0.05) is 26.7 Å². The van der Waals surface area contributed by atoms with Gasteiger partial charge in [-0.1, -0.05) is 44.9 Å². The first-order chi connectivity index (χ1) is 13.5. The molecule has 3 N–H and O–H groups in total. The van der Waals surface area contributed by atoms with Crippen molar-refractivity contribution >= 4 is 11.9 Å². The summed E-state index contributed by atoms with van der Waals surface area (Å²) in [5, 5.41) is 3.62. The van der Waals surface area contributed by atoms with Crippen LogP contribution in [0.1, 0.15) is 77.0 Å². The van der Waals surface area contributed by atoms with E-state index in [0.29, 0.717) is 17.9 Å². The fraction of sp³-hybridized carbons (Fsp3) is 0.909.